The third-order valence-corrected chi connectivity index (χ3v) is 4.23. The fourth-order valence-corrected chi connectivity index (χ4v) is 2.63. The highest BCUT2D eigenvalue weighted by molar-refractivity contribution is 6.31. The average molecular weight is 377 g/mol. The average Bonchev–Trinajstić information content (AvgIpc) is 2.58. The minimum Gasteiger partial charge on any atom is -0.497 e. The highest BCUT2D eigenvalue weighted by atomic mass is 35.5. The van der Waals surface area contributed by atoms with E-state index in [1.54, 1.807) is 56.6 Å². The topological polar surface area (TPSA) is 71.9 Å². The molecule has 1 atom stereocenters. The molecule has 138 valence electrons. The molecule has 0 saturated carbocycles. The Labute approximate surface area is 158 Å². The third kappa shape index (κ3) is 5.75. The molecule has 2 aromatic rings. The number of carbonyl (C=O) groups is 2. The van der Waals surface area contributed by atoms with E-state index in [1.165, 1.54) is 0 Å². The number of anilines is 2. The summed E-state index contributed by atoms with van der Waals surface area (Å²) in [5.74, 6) is 0.310. The van der Waals surface area contributed by atoms with Crippen LogP contribution >= 0.6 is 11.6 Å². The molecule has 0 saturated heterocycles. The first kappa shape index (κ1) is 19.8. The molecule has 26 heavy (non-hydrogen) atoms. The SMILES string of the molecule is COc1cccc(NC(=O)C[NH+](C)CC(=O)Nc2cccc(Cl)c2C)c1. The van der Waals surface area contributed by atoms with Crippen LogP contribution in [0.15, 0.2) is 42.5 Å². The largest absolute Gasteiger partial charge is 0.497 e. The highest BCUT2D eigenvalue weighted by Gasteiger charge is 2.15. The van der Waals surface area contributed by atoms with Crippen LogP contribution in [0.25, 0.3) is 0 Å². The molecule has 0 aliphatic rings. The van der Waals surface area contributed by atoms with Crippen LogP contribution in [0.2, 0.25) is 5.02 Å². The molecule has 0 bridgehead atoms. The maximum Gasteiger partial charge on any atom is 0.279 e. The maximum atomic E-state index is 12.2. The normalized spacial score (nSPS) is 11.5. The van der Waals surface area contributed by atoms with Gasteiger partial charge >= 0.3 is 0 Å². The number of carbonyl (C=O) groups excluding carboxylic acids is 2. The first-order valence-corrected chi connectivity index (χ1v) is 8.57. The second-order valence-electron chi connectivity index (χ2n) is 6.05. The molecular weight excluding hydrogens is 354 g/mol. The summed E-state index contributed by atoms with van der Waals surface area (Å²) >= 11 is 6.05. The molecule has 7 heteroatoms. The Morgan fingerprint density at radius 2 is 1.73 bits per heavy atom. The molecule has 0 aliphatic heterocycles. The zero-order valence-corrected chi connectivity index (χ0v) is 15.8. The van der Waals surface area contributed by atoms with Gasteiger partial charge in [-0.15, -0.1) is 0 Å². The predicted molar refractivity (Wildman–Crippen MR) is 103 cm³/mol. The zero-order chi connectivity index (χ0) is 19.1. The number of nitrogens with one attached hydrogen (secondary N) is 3. The summed E-state index contributed by atoms with van der Waals surface area (Å²) in [5, 5.41) is 6.22. The Balaban J connectivity index is 1.85. The Morgan fingerprint density at radius 1 is 1.08 bits per heavy atom. The van der Waals surface area contributed by atoms with Crippen molar-refractivity contribution < 1.29 is 19.2 Å². The van der Waals surface area contributed by atoms with Gasteiger partial charge in [0.25, 0.3) is 11.8 Å². The van der Waals surface area contributed by atoms with Crippen LogP contribution in [0.5, 0.6) is 5.75 Å². The minimum atomic E-state index is -0.179. The number of likely N-dealkylation sites (N-methyl/N-ethyl adjacent to an activating group) is 1. The van der Waals surface area contributed by atoms with Gasteiger partial charge in [0, 0.05) is 22.5 Å². The number of hydrogen-bond donors (Lipinski definition) is 3. The zero-order valence-electron chi connectivity index (χ0n) is 15.1. The molecule has 2 rings (SSSR count). The van der Waals surface area contributed by atoms with Crippen LogP contribution in [-0.4, -0.2) is 39.1 Å². The van der Waals surface area contributed by atoms with Gasteiger partial charge < -0.3 is 20.3 Å². The van der Waals surface area contributed by atoms with Crippen molar-refractivity contribution >= 4 is 34.8 Å². The molecule has 2 amide bonds. The smallest absolute Gasteiger partial charge is 0.279 e. The van der Waals surface area contributed by atoms with Crippen LogP contribution in [0.4, 0.5) is 11.4 Å². The van der Waals surface area contributed by atoms with Crippen molar-refractivity contribution in [1.29, 1.82) is 0 Å². The lowest BCUT2D eigenvalue weighted by Gasteiger charge is -2.15. The number of ether oxygens (including phenoxy) is 1. The second-order valence-corrected chi connectivity index (χ2v) is 6.46. The summed E-state index contributed by atoms with van der Waals surface area (Å²) in [5.41, 5.74) is 2.15. The van der Waals surface area contributed by atoms with Crippen molar-refractivity contribution in [2.75, 3.05) is 37.9 Å². The summed E-state index contributed by atoms with van der Waals surface area (Å²) < 4.78 is 5.13. The second kappa shape index (κ2) is 9.22. The molecule has 0 radical (unpaired) electrons. The first-order valence-electron chi connectivity index (χ1n) is 8.19. The van der Waals surface area contributed by atoms with E-state index >= 15 is 0 Å². The monoisotopic (exact) mass is 376 g/mol. The summed E-state index contributed by atoms with van der Waals surface area (Å²) in [4.78, 5) is 25.1. The number of benzene rings is 2. The molecule has 2 aromatic carbocycles. The lowest BCUT2D eigenvalue weighted by molar-refractivity contribution is -0.862. The van der Waals surface area contributed by atoms with Gasteiger partial charge in [-0.3, -0.25) is 9.59 Å². The van der Waals surface area contributed by atoms with E-state index in [1.807, 2.05) is 6.92 Å². The summed E-state index contributed by atoms with van der Waals surface area (Å²) in [6.45, 7) is 2.17. The van der Waals surface area contributed by atoms with Gasteiger partial charge in [0.2, 0.25) is 0 Å². The third-order valence-electron chi connectivity index (χ3n) is 3.82. The lowest BCUT2D eigenvalue weighted by Crippen LogP contribution is -3.11. The van der Waals surface area contributed by atoms with Gasteiger partial charge in [0.15, 0.2) is 13.1 Å². The van der Waals surface area contributed by atoms with Crippen molar-refractivity contribution in [2.24, 2.45) is 0 Å². The van der Waals surface area contributed by atoms with Gasteiger partial charge in [-0.05, 0) is 36.8 Å². The van der Waals surface area contributed by atoms with Gasteiger partial charge in [-0.25, -0.2) is 0 Å². The fourth-order valence-electron chi connectivity index (χ4n) is 2.45. The molecular formula is C19H23ClN3O3+. The predicted octanol–water partition coefficient (Wildman–Crippen LogP) is 1.75. The number of methoxy groups -OCH3 is 1. The number of hydrogen-bond acceptors (Lipinski definition) is 3. The van der Waals surface area contributed by atoms with Crippen LogP contribution in [0, 0.1) is 6.92 Å². The van der Waals surface area contributed by atoms with Crippen molar-refractivity contribution in [2.45, 2.75) is 6.92 Å². The Morgan fingerprint density at radius 3 is 2.42 bits per heavy atom. The van der Waals surface area contributed by atoms with E-state index in [4.69, 9.17) is 16.3 Å². The van der Waals surface area contributed by atoms with E-state index in [2.05, 4.69) is 10.6 Å². The number of halogens is 1. The van der Waals surface area contributed by atoms with Crippen LogP contribution in [0.1, 0.15) is 5.56 Å². The van der Waals surface area contributed by atoms with Crippen LogP contribution < -0.4 is 20.3 Å². The Hall–Kier alpha value is -2.57. The molecule has 1 unspecified atom stereocenters. The Kier molecular flexibility index (Phi) is 7.00. The molecule has 0 fully saturated rings. The molecule has 0 aliphatic carbocycles. The molecule has 0 heterocycles. The fraction of sp³-hybridized carbons (Fsp3) is 0.263. The first-order chi connectivity index (χ1) is 12.4. The summed E-state index contributed by atoms with van der Waals surface area (Å²) in [6.07, 6.45) is 0. The molecule has 6 nitrogen and oxygen atoms in total. The summed E-state index contributed by atoms with van der Waals surface area (Å²) in [7, 11) is 3.36. The Bertz CT molecular complexity index is 795. The van der Waals surface area contributed by atoms with Crippen LogP contribution in [0.3, 0.4) is 0 Å². The van der Waals surface area contributed by atoms with Crippen molar-refractivity contribution in [3.63, 3.8) is 0 Å². The van der Waals surface area contributed by atoms with Crippen molar-refractivity contribution in [3.8, 4) is 5.75 Å². The molecule has 0 spiro atoms. The van der Waals surface area contributed by atoms with Gasteiger partial charge in [0.1, 0.15) is 5.75 Å². The summed E-state index contributed by atoms with van der Waals surface area (Å²) in [6, 6.07) is 12.5. The van der Waals surface area contributed by atoms with E-state index in [-0.39, 0.29) is 24.9 Å². The minimum absolute atomic E-state index is 0.164. The van der Waals surface area contributed by atoms with Crippen molar-refractivity contribution in [3.05, 3.63) is 53.1 Å². The van der Waals surface area contributed by atoms with E-state index in [0.29, 0.717) is 22.1 Å². The van der Waals surface area contributed by atoms with Gasteiger partial charge in [-0.1, -0.05) is 23.7 Å². The van der Waals surface area contributed by atoms with Crippen molar-refractivity contribution in [1.82, 2.24) is 0 Å². The molecule has 0 aromatic heterocycles. The van der Waals surface area contributed by atoms with Gasteiger partial charge in [-0.2, -0.15) is 0 Å². The van der Waals surface area contributed by atoms with Crippen LogP contribution in [-0.2, 0) is 9.59 Å². The van der Waals surface area contributed by atoms with E-state index in [9.17, 15) is 9.59 Å². The number of amides is 2. The number of quaternary nitrogens is 1. The van der Waals surface area contributed by atoms with E-state index < -0.39 is 0 Å². The van der Waals surface area contributed by atoms with Gasteiger partial charge in [0.05, 0.1) is 14.2 Å². The standard InChI is InChI=1S/C19H22ClN3O3/c1-13-16(20)8-5-9-17(13)22-19(25)12-23(2)11-18(24)21-14-6-4-7-15(10-14)26-3/h4-10H,11-12H2,1-3H3,(H,21,24)(H,22,25)/p+1. The molecule has 3 N–H and O–H groups in total. The number of rotatable bonds is 7. The maximum absolute atomic E-state index is 12.2. The van der Waals surface area contributed by atoms with E-state index in [0.717, 1.165) is 10.5 Å². The highest BCUT2D eigenvalue weighted by Crippen LogP contribution is 2.22. The quantitative estimate of drug-likeness (QED) is 0.689. The lowest BCUT2D eigenvalue weighted by atomic mass is 10.2.